The van der Waals surface area contributed by atoms with E-state index in [-0.39, 0.29) is 6.10 Å². The monoisotopic (exact) mass is 213 g/mol. The molecule has 1 atom stereocenters. The molecular weight excluding hydrogens is 194 g/mol. The second kappa shape index (κ2) is 6.53. The second-order valence-electron chi connectivity index (χ2n) is 3.41. The minimum Gasteiger partial charge on any atom is -0.373 e. The molecule has 15 heavy (non-hydrogen) atoms. The largest absolute Gasteiger partial charge is 0.373 e. The lowest BCUT2D eigenvalue weighted by Crippen LogP contribution is -2.10. The van der Waals surface area contributed by atoms with E-state index in [1.807, 2.05) is 7.05 Å². The standard InChI is InChI=1S/C10H19N3O2/c1-4-5-8(14-3)10-12-9(15-13-10)6-7-11-2/h8,11H,4-7H2,1-3H3. The van der Waals surface area contributed by atoms with Crippen molar-refractivity contribution in [3.63, 3.8) is 0 Å². The number of methoxy groups -OCH3 is 1. The van der Waals surface area contributed by atoms with Gasteiger partial charge in [0.2, 0.25) is 11.7 Å². The van der Waals surface area contributed by atoms with Crippen molar-refractivity contribution >= 4 is 0 Å². The summed E-state index contributed by atoms with van der Waals surface area (Å²) >= 11 is 0. The van der Waals surface area contributed by atoms with Gasteiger partial charge in [-0.25, -0.2) is 0 Å². The van der Waals surface area contributed by atoms with Crippen LogP contribution in [-0.4, -0.2) is 30.8 Å². The fourth-order valence-corrected chi connectivity index (χ4v) is 1.35. The number of likely N-dealkylation sites (N-methyl/N-ethyl adjacent to an activating group) is 1. The molecule has 0 saturated carbocycles. The minimum absolute atomic E-state index is 0.0397. The molecule has 1 N–H and O–H groups in total. The molecule has 0 spiro atoms. The van der Waals surface area contributed by atoms with E-state index in [0.29, 0.717) is 11.7 Å². The Balaban J connectivity index is 2.56. The van der Waals surface area contributed by atoms with Gasteiger partial charge in [-0.15, -0.1) is 0 Å². The predicted octanol–water partition coefficient (Wildman–Crippen LogP) is 1.32. The van der Waals surface area contributed by atoms with Crippen LogP contribution in [0.2, 0.25) is 0 Å². The van der Waals surface area contributed by atoms with Crippen LogP contribution in [0.3, 0.4) is 0 Å². The number of nitrogens with one attached hydrogen (secondary N) is 1. The van der Waals surface area contributed by atoms with Crippen LogP contribution in [0.4, 0.5) is 0 Å². The molecule has 0 fully saturated rings. The molecule has 0 aliphatic heterocycles. The first-order valence-electron chi connectivity index (χ1n) is 5.31. The number of nitrogens with zero attached hydrogens (tertiary/aromatic N) is 2. The molecule has 0 saturated heterocycles. The Hall–Kier alpha value is -0.940. The van der Waals surface area contributed by atoms with E-state index in [4.69, 9.17) is 9.26 Å². The number of hydrogen-bond acceptors (Lipinski definition) is 5. The van der Waals surface area contributed by atoms with Crippen molar-refractivity contribution in [2.24, 2.45) is 0 Å². The van der Waals surface area contributed by atoms with Crippen molar-refractivity contribution in [2.75, 3.05) is 20.7 Å². The second-order valence-corrected chi connectivity index (χ2v) is 3.41. The molecule has 1 heterocycles. The van der Waals surface area contributed by atoms with Gasteiger partial charge in [-0.05, 0) is 13.5 Å². The van der Waals surface area contributed by atoms with Crippen molar-refractivity contribution in [3.8, 4) is 0 Å². The van der Waals surface area contributed by atoms with Gasteiger partial charge in [0.15, 0.2) is 0 Å². The summed E-state index contributed by atoms with van der Waals surface area (Å²) in [5.41, 5.74) is 0. The first-order chi connectivity index (χ1) is 7.31. The zero-order chi connectivity index (χ0) is 11.1. The van der Waals surface area contributed by atoms with Gasteiger partial charge in [-0.2, -0.15) is 4.98 Å². The molecule has 0 bridgehead atoms. The topological polar surface area (TPSA) is 60.2 Å². The van der Waals surface area contributed by atoms with Gasteiger partial charge in [-0.3, -0.25) is 0 Å². The van der Waals surface area contributed by atoms with E-state index < -0.39 is 0 Å². The van der Waals surface area contributed by atoms with E-state index in [0.717, 1.165) is 25.8 Å². The third-order valence-corrected chi connectivity index (χ3v) is 2.20. The fourth-order valence-electron chi connectivity index (χ4n) is 1.35. The maximum Gasteiger partial charge on any atom is 0.228 e. The molecule has 0 aliphatic carbocycles. The van der Waals surface area contributed by atoms with Crippen molar-refractivity contribution in [1.82, 2.24) is 15.5 Å². The average Bonchev–Trinajstić information content (AvgIpc) is 2.71. The normalized spacial score (nSPS) is 13.0. The summed E-state index contributed by atoms with van der Waals surface area (Å²) in [6, 6.07) is 0. The lowest BCUT2D eigenvalue weighted by atomic mass is 10.2. The quantitative estimate of drug-likeness (QED) is 0.740. The van der Waals surface area contributed by atoms with E-state index in [1.54, 1.807) is 7.11 Å². The smallest absolute Gasteiger partial charge is 0.228 e. The van der Waals surface area contributed by atoms with Crippen molar-refractivity contribution in [3.05, 3.63) is 11.7 Å². The zero-order valence-electron chi connectivity index (χ0n) is 9.62. The summed E-state index contributed by atoms with van der Waals surface area (Å²) in [5.74, 6) is 1.32. The lowest BCUT2D eigenvalue weighted by molar-refractivity contribution is 0.0854. The zero-order valence-corrected chi connectivity index (χ0v) is 9.62. The highest BCUT2D eigenvalue weighted by Crippen LogP contribution is 2.18. The van der Waals surface area contributed by atoms with Gasteiger partial charge < -0.3 is 14.6 Å². The van der Waals surface area contributed by atoms with E-state index in [2.05, 4.69) is 22.4 Å². The Morgan fingerprint density at radius 3 is 2.93 bits per heavy atom. The highest BCUT2D eigenvalue weighted by molar-refractivity contribution is 4.91. The molecule has 1 unspecified atom stereocenters. The first kappa shape index (κ1) is 12.1. The molecule has 0 aromatic carbocycles. The third-order valence-electron chi connectivity index (χ3n) is 2.20. The fraction of sp³-hybridized carbons (Fsp3) is 0.800. The maximum absolute atomic E-state index is 5.29. The van der Waals surface area contributed by atoms with E-state index >= 15 is 0 Å². The number of aromatic nitrogens is 2. The summed E-state index contributed by atoms with van der Waals surface area (Å²) in [7, 11) is 3.57. The molecule has 5 heteroatoms. The summed E-state index contributed by atoms with van der Waals surface area (Å²) in [4.78, 5) is 4.29. The predicted molar refractivity (Wildman–Crippen MR) is 56.6 cm³/mol. The third kappa shape index (κ3) is 3.60. The number of rotatable bonds is 7. The highest BCUT2D eigenvalue weighted by atomic mass is 16.5. The molecule has 0 amide bonds. The van der Waals surface area contributed by atoms with Gasteiger partial charge in [0, 0.05) is 20.1 Å². The van der Waals surface area contributed by atoms with Crippen LogP contribution in [0.5, 0.6) is 0 Å². The van der Waals surface area contributed by atoms with Crippen LogP contribution in [0, 0.1) is 0 Å². The first-order valence-corrected chi connectivity index (χ1v) is 5.31. The molecule has 0 aliphatic rings. The molecule has 5 nitrogen and oxygen atoms in total. The van der Waals surface area contributed by atoms with E-state index in [1.165, 1.54) is 0 Å². The highest BCUT2D eigenvalue weighted by Gasteiger charge is 2.16. The maximum atomic E-state index is 5.29. The Kier molecular flexibility index (Phi) is 5.28. The molecule has 86 valence electrons. The Labute approximate surface area is 90.2 Å². The van der Waals surface area contributed by atoms with Crippen molar-refractivity contribution in [2.45, 2.75) is 32.3 Å². The van der Waals surface area contributed by atoms with Gasteiger partial charge in [0.25, 0.3) is 0 Å². The van der Waals surface area contributed by atoms with Crippen LogP contribution < -0.4 is 5.32 Å². The molecule has 0 radical (unpaired) electrons. The molecule has 1 rings (SSSR count). The molecular formula is C10H19N3O2. The summed E-state index contributed by atoms with van der Waals surface area (Å²) < 4.78 is 10.4. The minimum atomic E-state index is -0.0397. The number of ether oxygens (including phenoxy) is 1. The van der Waals surface area contributed by atoms with Crippen LogP contribution >= 0.6 is 0 Å². The summed E-state index contributed by atoms with van der Waals surface area (Å²) in [6.45, 7) is 2.95. The van der Waals surface area contributed by atoms with Crippen molar-refractivity contribution in [1.29, 1.82) is 0 Å². The van der Waals surface area contributed by atoms with Gasteiger partial charge in [0.1, 0.15) is 6.10 Å². The SMILES string of the molecule is CCCC(OC)c1noc(CCNC)n1. The lowest BCUT2D eigenvalue weighted by Gasteiger charge is -2.08. The summed E-state index contributed by atoms with van der Waals surface area (Å²) in [6.07, 6.45) is 2.68. The average molecular weight is 213 g/mol. The van der Waals surface area contributed by atoms with Gasteiger partial charge >= 0.3 is 0 Å². The van der Waals surface area contributed by atoms with Gasteiger partial charge in [-0.1, -0.05) is 18.5 Å². The Morgan fingerprint density at radius 2 is 2.33 bits per heavy atom. The van der Waals surface area contributed by atoms with Crippen molar-refractivity contribution < 1.29 is 9.26 Å². The number of hydrogen-bond donors (Lipinski definition) is 1. The van der Waals surface area contributed by atoms with Gasteiger partial charge in [0.05, 0.1) is 0 Å². The van der Waals surface area contributed by atoms with Crippen LogP contribution in [0.25, 0.3) is 0 Å². The molecule has 1 aromatic rings. The van der Waals surface area contributed by atoms with Crippen LogP contribution in [-0.2, 0) is 11.2 Å². The Morgan fingerprint density at radius 1 is 1.53 bits per heavy atom. The molecule has 1 aromatic heterocycles. The Bertz CT molecular complexity index is 275. The van der Waals surface area contributed by atoms with E-state index in [9.17, 15) is 0 Å². The van der Waals surface area contributed by atoms with Crippen LogP contribution in [0.15, 0.2) is 4.52 Å². The van der Waals surface area contributed by atoms with Crippen LogP contribution in [0.1, 0.15) is 37.6 Å². The summed E-state index contributed by atoms with van der Waals surface area (Å²) in [5, 5.41) is 6.95.